The van der Waals surface area contributed by atoms with Crippen LogP contribution in [0.15, 0.2) is 48.5 Å². The number of aryl methyl sites for hydroxylation is 1. The number of aliphatic hydroxyl groups is 4. The molecule has 8 heteroatoms. The van der Waals surface area contributed by atoms with E-state index in [0.29, 0.717) is 17.7 Å². The zero-order valence-corrected chi connectivity index (χ0v) is 18.2. The van der Waals surface area contributed by atoms with Crippen molar-refractivity contribution >= 4 is 23.0 Å². The second-order valence-electron chi connectivity index (χ2n) is 7.81. The van der Waals surface area contributed by atoms with Crippen molar-refractivity contribution in [2.24, 2.45) is 0 Å². The van der Waals surface area contributed by atoms with E-state index in [1.165, 1.54) is 4.57 Å². The number of fused-ring (bicyclic) bond motifs is 1. The van der Waals surface area contributed by atoms with E-state index < -0.39 is 37.3 Å². The third-order valence-corrected chi connectivity index (χ3v) is 6.40. The fourth-order valence-corrected chi connectivity index (χ4v) is 4.68. The topological polar surface area (TPSA) is 119 Å². The molecular weight excluding hydrogens is 428 g/mol. The highest BCUT2D eigenvalue weighted by Crippen LogP contribution is 2.36. The minimum absolute atomic E-state index is 0.152. The lowest BCUT2D eigenvalue weighted by Crippen LogP contribution is -2.56. The van der Waals surface area contributed by atoms with Crippen LogP contribution in [0.5, 0.6) is 0 Å². The van der Waals surface area contributed by atoms with Crippen LogP contribution < -0.4 is 0 Å². The predicted octanol–water partition coefficient (Wildman–Crippen LogP) is 2.44. The van der Waals surface area contributed by atoms with E-state index in [1.54, 1.807) is 0 Å². The van der Waals surface area contributed by atoms with Gasteiger partial charge in [0.05, 0.1) is 12.2 Å². The Morgan fingerprint density at radius 2 is 1.75 bits per heavy atom. The molecule has 5 atom stereocenters. The van der Waals surface area contributed by atoms with Crippen LogP contribution >= 0.6 is 12.2 Å². The summed E-state index contributed by atoms with van der Waals surface area (Å²) in [4.78, 5) is 0. The minimum atomic E-state index is -1.54. The van der Waals surface area contributed by atoms with Crippen molar-refractivity contribution < 1.29 is 25.2 Å². The molecule has 1 aliphatic heterocycles. The van der Waals surface area contributed by atoms with E-state index in [2.05, 4.69) is 6.07 Å². The standard InChI is InChI=1S/C24H24N2O5S/c1-2-14-10-17(16-9-5-7-13-6-3-4-8-15(13)16)18(11-25)24(32)26(14)23-22(30)21(29)20(28)19(12-27)31-23/h3-10,19-23,27-30H,2,12H2,1H3/t19-,20+,21+,22+,23+/m0/s1. The van der Waals surface area contributed by atoms with E-state index in [0.717, 1.165) is 16.3 Å². The second-order valence-corrected chi connectivity index (χ2v) is 8.20. The molecule has 2 aromatic carbocycles. The van der Waals surface area contributed by atoms with E-state index in [4.69, 9.17) is 17.0 Å². The summed E-state index contributed by atoms with van der Waals surface area (Å²) in [5, 5.41) is 52.6. The van der Waals surface area contributed by atoms with Crippen LogP contribution in [0.2, 0.25) is 0 Å². The summed E-state index contributed by atoms with van der Waals surface area (Å²) in [6.07, 6.45) is -6.26. The van der Waals surface area contributed by atoms with Gasteiger partial charge in [-0.05, 0) is 28.8 Å². The predicted molar refractivity (Wildman–Crippen MR) is 121 cm³/mol. The van der Waals surface area contributed by atoms with Crippen LogP contribution in [0.3, 0.4) is 0 Å². The van der Waals surface area contributed by atoms with Crippen molar-refractivity contribution in [1.29, 1.82) is 5.26 Å². The first-order valence-electron chi connectivity index (χ1n) is 10.4. The number of nitrogens with zero attached hydrogens (tertiary/aromatic N) is 2. The molecule has 7 nitrogen and oxygen atoms in total. The van der Waals surface area contributed by atoms with Gasteiger partial charge in [0.15, 0.2) is 6.23 Å². The lowest BCUT2D eigenvalue weighted by Gasteiger charge is -2.41. The van der Waals surface area contributed by atoms with Gasteiger partial charge in [-0.2, -0.15) is 5.26 Å². The normalized spacial score (nSPS) is 25.6. The van der Waals surface area contributed by atoms with Gasteiger partial charge in [-0.25, -0.2) is 0 Å². The van der Waals surface area contributed by atoms with Crippen LogP contribution in [0, 0.1) is 16.0 Å². The average molecular weight is 453 g/mol. The molecule has 166 valence electrons. The van der Waals surface area contributed by atoms with Crippen molar-refractivity contribution in [2.45, 2.75) is 44.0 Å². The van der Waals surface area contributed by atoms with Crippen LogP contribution in [-0.4, -0.2) is 56.0 Å². The Kier molecular flexibility index (Phi) is 6.40. The van der Waals surface area contributed by atoms with E-state index in [1.807, 2.05) is 55.5 Å². The highest BCUT2D eigenvalue weighted by atomic mass is 32.1. The third kappa shape index (κ3) is 3.63. The Labute approximate surface area is 190 Å². The number of hydrogen-bond donors (Lipinski definition) is 4. The summed E-state index contributed by atoms with van der Waals surface area (Å²) in [5.74, 6) is 0. The molecule has 1 aliphatic rings. The molecule has 0 amide bonds. The molecule has 4 N–H and O–H groups in total. The highest BCUT2D eigenvalue weighted by Gasteiger charge is 2.44. The van der Waals surface area contributed by atoms with Crippen molar-refractivity contribution in [2.75, 3.05) is 6.61 Å². The first kappa shape index (κ1) is 22.6. The maximum absolute atomic E-state index is 10.6. The number of aliphatic hydroxyl groups excluding tert-OH is 4. The molecule has 1 aromatic heterocycles. The summed E-state index contributed by atoms with van der Waals surface area (Å²) in [7, 11) is 0. The van der Waals surface area contributed by atoms with Gasteiger partial charge in [0.25, 0.3) is 0 Å². The molecular formula is C24H24N2O5S. The molecule has 0 saturated carbocycles. The SMILES string of the molecule is CCc1cc(-c2cccc3ccccc23)c(C#N)c(=S)n1[C@@H]1O[C@@H](CO)[C@@H](O)[C@@H](O)[C@H]1O. The number of hydrogen-bond acceptors (Lipinski definition) is 7. The maximum Gasteiger partial charge on any atom is 0.164 e. The third-order valence-electron chi connectivity index (χ3n) is 6.00. The fraction of sp³-hybridized carbons (Fsp3) is 0.333. The maximum atomic E-state index is 10.6. The van der Waals surface area contributed by atoms with Crippen LogP contribution in [-0.2, 0) is 11.2 Å². The van der Waals surface area contributed by atoms with Gasteiger partial charge < -0.3 is 29.7 Å². The molecule has 0 spiro atoms. The van der Waals surface area contributed by atoms with Crippen molar-refractivity contribution in [3.63, 3.8) is 0 Å². The van der Waals surface area contributed by atoms with Gasteiger partial charge in [0.1, 0.15) is 35.1 Å². The molecule has 0 radical (unpaired) electrons. The second kappa shape index (κ2) is 9.08. The summed E-state index contributed by atoms with van der Waals surface area (Å²) < 4.78 is 7.39. The average Bonchev–Trinajstić information content (AvgIpc) is 2.82. The number of nitriles is 1. The molecule has 1 saturated heterocycles. The molecule has 32 heavy (non-hydrogen) atoms. The van der Waals surface area contributed by atoms with Gasteiger partial charge in [-0.1, -0.05) is 61.6 Å². The molecule has 3 aromatic rings. The van der Waals surface area contributed by atoms with Crippen molar-refractivity contribution in [3.8, 4) is 17.2 Å². The minimum Gasteiger partial charge on any atom is -0.394 e. The van der Waals surface area contributed by atoms with Gasteiger partial charge in [0.2, 0.25) is 0 Å². The lowest BCUT2D eigenvalue weighted by atomic mass is 9.94. The Balaban J connectivity index is 1.94. The van der Waals surface area contributed by atoms with Crippen LogP contribution in [0.4, 0.5) is 0 Å². The monoisotopic (exact) mass is 452 g/mol. The zero-order valence-electron chi connectivity index (χ0n) is 17.4. The number of aromatic nitrogens is 1. The fourth-order valence-electron chi connectivity index (χ4n) is 4.30. The molecule has 0 aliphatic carbocycles. The summed E-state index contributed by atoms with van der Waals surface area (Å²) in [6.45, 7) is 1.36. The van der Waals surface area contributed by atoms with Gasteiger partial charge in [-0.3, -0.25) is 0 Å². The number of ether oxygens (including phenoxy) is 1. The number of rotatable bonds is 4. The van der Waals surface area contributed by atoms with E-state index >= 15 is 0 Å². The summed E-state index contributed by atoms with van der Waals surface area (Å²) in [6, 6.07) is 17.8. The Hall–Kier alpha value is -2.64. The highest BCUT2D eigenvalue weighted by molar-refractivity contribution is 7.71. The Bertz CT molecular complexity index is 1240. The molecule has 2 heterocycles. The molecule has 4 rings (SSSR count). The molecule has 1 fully saturated rings. The summed E-state index contributed by atoms with van der Waals surface area (Å²) in [5.41, 5.74) is 2.46. The quantitative estimate of drug-likeness (QED) is 0.449. The first-order chi connectivity index (χ1) is 15.4. The molecule has 0 bridgehead atoms. The van der Waals surface area contributed by atoms with Crippen LogP contribution in [0.1, 0.15) is 24.4 Å². The smallest absolute Gasteiger partial charge is 0.164 e. The largest absolute Gasteiger partial charge is 0.394 e. The number of pyridine rings is 1. The van der Waals surface area contributed by atoms with Crippen molar-refractivity contribution in [1.82, 2.24) is 4.57 Å². The lowest BCUT2D eigenvalue weighted by molar-refractivity contribution is -0.252. The van der Waals surface area contributed by atoms with Crippen molar-refractivity contribution in [3.05, 3.63) is 64.4 Å². The summed E-state index contributed by atoms with van der Waals surface area (Å²) >= 11 is 5.67. The van der Waals surface area contributed by atoms with E-state index in [-0.39, 0.29) is 10.2 Å². The Morgan fingerprint density at radius 1 is 1.03 bits per heavy atom. The van der Waals surface area contributed by atoms with Gasteiger partial charge in [-0.15, -0.1) is 0 Å². The zero-order chi connectivity index (χ0) is 23.0. The van der Waals surface area contributed by atoms with Gasteiger partial charge >= 0.3 is 0 Å². The number of benzene rings is 2. The first-order valence-corrected chi connectivity index (χ1v) is 10.8. The van der Waals surface area contributed by atoms with Crippen LogP contribution in [0.25, 0.3) is 21.9 Å². The Morgan fingerprint density at radius 3 is 2.44 bits per heavy atom. The van der Waals surface area contributed by atoms with E-state index in [9.17, 15) is 25.7 Å². The molecule has 0 unspecified atom stereocenters. The van der Waals surface area contributed by atoms with Gasteiger partial charge in [0, 0.05) is 11.3 Å².